The first kappa shape index (κ1) is 16.0. The smallest absolute Gasteiger partial charge is 0.155 e. The van der Waals surface area contributed by atoms with Gasteiger partial charge in [-0.25, -0.2) is 8.42 Å². The van der Waals surface area contributed by atoms with Crippen LogP contribution in [-0.2, 0) is 14.6 Å². The molecule has 2 aliphatic rings. The quantitative estimate of drug-likeness (QED) is 0.844. The molecule has 3 atom stereocenters. The van der Waals surface area contributed by atoms with Crippen LogP contribution in [0.15, 0.2) is 0 Å². The van der Waals surface area contributed by atoms with Gasteiger partial charge in [0.1, 0.15) is 9.84 Å². The highest BCUT2D eigenvalue weighted by Gasteiger charge is 2.44. The van der Waals surface area contributed by atoms with Crippen molar-refractivity contribution in [2.75, 3.05) is 12.8 Å². The topological polar surface area (TPSA) is 63.2 Å². The van der Waals surface area contributed by atoms with E-state index in [1.165, 1.54) is 6.26 Å². The molecule has 0 bridgehead atoms. The number of carbonyl (C=O) groups is 1. The molecule has 5 heteroatoms. The number of sulfone groups is 1. The second kappa shape index (κ2) is 6.14. The van der Waals surface area contributed by atoms with E-state index in [-0.39, 0.29) is 22.5 Å². The maximum absolute atomic E-state index is 12.9. The van der Waals surface area contributed by atoms with E-state index in [1.807, 2.05) is 0 Å². The highest BCUT2D eigenvalue weighted by molar-refractivity contribution is 7.91. The fourth-order valence-electron chi connectivity index (χ4n) is 3.94. The first-order chi connectivity index (χ1) is 9.39. The zero-order chi connectivity index (χ0) is 14.8. The molecule has 0 amide bonds. The van der Waals surface area contributed by atoms with Crippen LogP contribution in [0.25, 0.3) is 0 Å². The fraction of sp³-hybridized carbons (Fsp3) is 0.933. The maximum atomic E-state index is 12.9. The molecule has 0 radical (unpaired) electrons. The second-order valence-electron chi connectivity index (χ2n) is 6.54. The zero-order valence-electron chi connectivity index (χ0n) is 12.7. The Balaban J connectivity index is 2.11. The summed E-state index contributed by atoms with van der Waals surface area (Å²) in [5.41, 5.74) is -0.362. The summed E-state index contributed by atoms with van der Waals surface area (Å²) in [7, 11) is -3.02. The van der Waals surface area contributed by atoms with Crippen LogP contribution in [0.3, 0.4) is 0 Å². The molecular weight excluding hydrogens is 274 g/mol. The summed E-state index contributed by atoms with van der Waals surface area (Å²) in [6.45, 7) is 3.02. The molecule has 1 aliphatic carbocycles. The largest absolute Gasteiger partial charge is 0.305 e. The van der Waals surface area contributed by atoms with Crippen LogP contribution in [0, 0.1) is 5.92 Å². The van der Waals surface area contributed by atoms with Gasteiger partial charge in [-0.15, -0.1) is 0 Å². The lowest BCUT2D eigenvalue weighted by Crippen LogP contribution is -2.51. The van der Waals surface area contributed by atoms with Crippen molar-refractivity contribution in [1.29, 1.82) is 0 Å². The number of hydrogen-bond donors (Lipinski definition) is 1. The molecule has 0 aromatic carbocycles. The first-order valence-electron chi connectivity index (χ1n) is 7.87. The van der Waals surface area contributed by atoms with Gasteiger partial charge in [0.2, 0.25) is 0 Å². The average molecular weight is 301 g/mol. The highest BCUT2D eigenvalue weighted by Crippen LogP contribution is 2.36. The third-order valence-corrected chi connectivity index (χ3v) is 6.63. The standard InChI is InChI=1S/C15H27NO3S/c1-3-8-15(9-5-10-16-15)14(17)12-6-4-7-13(11-12)20(2,18)19/h12-13,16H,3-11H2,1-2H3. The van der Waals surface area contributed by atoms with Gasteiger partial charge < -0.3 is 5.32 Å². The Morgan fingerprint density at radius 1 is 1.30 bits per heavy atom. The van der Waals surface area contributed by atoms with E-state index >= 15 is 0 Å². The van der Waals surface area contributed by atoms with Gasteiger partial charge in [-0.05, 0) is 45.1 Å². The number of rotatable bonds is 5. The van der Waals surface area contributed by atoms with Crippen molar-refractivity contribution in [3.63, 3.8) is 0 Å². The molecule has 3 unspecified atom stereocenters. The van der Waals surface area contributed by atoms with Crippen molar-refractivity contribution in [2.45, 2.75) is 69.1 Å². The van der Waals surface area contributed by atoms with Crippen LogP contribution >= 0.6 is 0 Å². The van der Waals surface area contributed by atoms with Gasteiger partial charge >= 0.3 is 0 Å². The minimum Gasteiger partial charge on any atom is -0.305 e. The normalized spacial score (nSPS) is 35.1. The number of ketones is 1. The van der Waals surface area contributed by atoms with Gasteiger partial charge in [-0.1, -0.05) is 19.8 Å². The van der Waals surface area contributed by atoms with Crippen molar-refractivity contribution in [1.82, 2.24) is 5.32 Å². The molecule has 2 fully saturated rings. The van der Waals surface area contributed by atoms with E-state index in [4.69, 9.17) is 0 Å². The summed E-state index contributed by atoms with van der Waals surface area (Å²) in [4.78, 5) is 12.9. The molecule has 0 aromatic rings. The average Bonchev–Trinajstić information content (AvgIpc) is 2.87. The summed E-state index contributed by atoms with van der Waals surface area (Å²) in [6.07, 6.45) is 8.11. The van der Waals surface area contributed by atoms with Crippen molar-refractivity contribution >= 4 is 15.6 Å². The highest BCUT2D eigenvalue weighted by atomic mass is 32.2. The lowest BCUT2D eigenvalue weighted by Gasteiger charge is -2.35. The van der Waals surface area contributed by atoms with E-state index in [1.54, 1.807) is 0 Å². The van der Waals surface area contributed by atoms with Crippen LogP contribution in [0.2, 0.25) is 0 Å². The van der Waals surface area contributed by atoms with E-state index in [9.17, 15) is 13.2 Å². The Hall–Kier alpha value is -0.420. The predicted molar refractivity (Wildman–Crippen MR) is 80.5 cm³/mol. The molecule has 1 heterocycles. The Morgan fingerprint density at radius 2 is 2.05 bits per heavy atom. The number of Topliss-reactive ketones (excluding diaryl/α,β-unsaturated/α-hetero) is 1. The molecule has 1 saturated heterocycles. The maximum Gasteiger partial charge on any atom is 0.155 e. The van der Waals surface area contributed by atoms with Gasteiger partial charge in [0.05, 0.1) is 10.8 Å². The number of hydrogen-bond acceptors (Lipinski definition) is 4. The molecule has 116 valence electrons. The fourth-order valence-corrected chi connectivity index (χ4v) is 5.12. The Kier molecular flexibility index (Phi) is 4.90. The second-order valence-corrected chi connectivity index (χ2v) is 8.87. The summed E-state index contributed by atoms with van der Waals surface area (Å²) in [5, 5.41) is 3.11. The lowest BCUT2D eigenvalue weighted by molar-refractivity contribution is -0.130. The summed E-state index contributed by atoms with van der Waals surface area (Å²) in [5.74, 6) is 0.214. The van der Waals surface area contributed by atoms with Crippen LogP contribution in [0.1, 0.15) is 58.3 Å². The molecule has 0 aromatic heterocycles. The van der Waals surface area contributed by atoms with Crippen LogP contribution in [-0.4, -0.2) is 37.8 Å². The summed E-state index contributed by atoms with van der Waals surface area (Å²) < 4.78 is 23.5. The van der Waals surface area contributed by atoms with Crippen molar-refractivity contribution in [3.8, 4) is 0 Å². The van der Waals surface area contributed by atoms with Gasteiger partial charge in [0.15, 0.2) is 5.78 Å². The van der Waals surface area contributed by atoms with Gasteiger partial charge in [-0.2, -0.15) is 0 Å². The minimum absolute atomic E-state index is 0.0689. The van der Waals surface area contributed by atoms with Crippen LogP contribution in [0.4, 0.5) is 0 Å². The van der Waals surface area contributed by atoms with Gasteiger partial charge in [-0.3, -0.25) is 4.79 Å². The molecule has 0 spiro atoms. The van der Waals surface area contributed by atoms with E-state index in [0.29, 0.717) is 6.42 Å². The molecule has 1 aliphatic heterocycles. The van der Waals surface area contributed by atoms with E-state index < -0.39 is 9.84 Å². The lowest BCUT2D eigenvalue weighted by atomic mass is 9.75. The Labute approximate surface area is 122 Å². The molecule has 20 heavy (non-hydrogen) atoms. The van der Waals surface area contributed by atoms with Crippen molar-refractivity contribution < 1.29 is 13.2 Å². The zero-order valence-corrected chi connectivity index (χ0v) is 13.5. The first-order valence-corrected chi connectivity index (χ1v) is 9.83. The number of nitrogens with one attached hydrogen (secondary N) is 1. The predicted octanol–water partition coefficient (Wildman–Crippen LogP) is 2.08. The third kappa shape index (κ3) is 3.25. The molecule has 1 saturated carbocycles. The molecule has 1 N–H and O–H groups in total. The summed E-state index contributed by atoms with van der Waals surface area (Å²) in [6, 6.07) is 0. The van der Waals surface area contributed by atoms with Crippen molar-refractivity contribution in [2.24, 2.45) is 5.92 Å². The molecular formula is C15H27NO3S. The molecule has 4 nitrogen and oxygen atoms in total. The minimum atomic E-state index is -3.02. The number of carbonyl (C=O) groups excluding carboxylic acids is 1. The van der Waals surface area contributed by atoms with Crippen LogP contribution < -0.4 is 5.32 Å². The van der Waals surface area contributed by atoms with E-state index in [0.717, 1.165) is 51.5 Å². The van der Waals surface area contributed by atoms with Crippen LogP contribution in [0.5, 0.6) is 0 Å². The Bertz CT molecular complexity index is 452. The van der Waals surface area contributed by atoms with Crippen molar-refractivity contribution in [3.05, 3.63) is 0 Å². The SMILES string of the molecule is CCCC1(C(=O)C2CCCC(S(C)(=O)=O)C2)CCCN1. The molecule has 2 rings (SSSR count). The summed E-state index contributed by atoms with van der Waals surface area (Å²) >= 11 is 0. The third-order valence-electron chi connectivity index (χ3n) is 4.99. The van der Waals surface area contributed by atoms with Gasteiger partial charge in [0, 0.05) is 12.2 Å². The van der Waals surface area contributed by atoms with E-state index in [2.05, 4.69) is 12.2 Å². The van der Waals surface area contributed by atoms with Gasteiger partial charge in [0.25, 0.3) is 0 Å². The monoisotopic (exact) mass is 301 g/mol. The Morgan fingerprint density at radius 3 is 2.60 bits per heavy atom.